The molecule has 3 aromatic rings. The summed E-state index contributed by atoms with van der Waals surface area (Å²) in [6.45, 7) is 0. The molecule has 0 atom stereocenters. The molecule has 0 spiro atoms. The molecule has 7 nitrogen and oxygen atoms in total. The Hall–Kier alpha value is -3.42. The minimum Gasteiger partial charge on any atom is -0.328 e. The standard InChI is InChI=1S/C21H15Cl2N3O4/c22-16-5-1-3-14(11-16)20(27)24-19(13-7-9-18(10-8-13)26(29)30)25-21(28)15-4-2-6-17(23)12-15/h1-12,19H,(H,24,27)(H,25,28). The lowest BCUT2D eigenvalue weighted by atomic mass is 10.1. The van der Waals surface area contributed by atoms with Gasteiger partial charge in [0.1, 0.15) is 6.17 Å². The smallest absolute Gasteiger partial charge is 0.269 e. The molecule has 0 aliphatic carbocycles. The summed E-state index contributed by atoms with van der Waals surface area (Å²) in [5, 5.41) is 17.1. The van der Waals surface area contributed by atoms with Crippen molar-refractivity contribution in [3.63, 3.8) is 0 Å². The van der Waals surface area contributed by atoms with Crippen molar-refractivity contribution in [3.05, 3.63) is 110 Å². The summed E-state index contributed by atoms with van der Waals surface area (Å²) in [5.41, 5.74) is 0.934. The summed E-state index contributed by atoms with van der Waals surface area (Å²) in [4.78, 5) is 35.7. The molecule has 9 heteroatoms. The first-order valence-electron chi connectivity index (χ1n) is 8.71. The Labute approximate surface area is 181 Å². The van der Waals surface area contributed by atoms with Crippen molar-refractivity contribution < 1.29 is 14.5 Å². The Balaban J connectivity index is 1.88. The second-order valence-electron chi connectivity index (χ2n) is 6.25. The van der Waals surface area contributed by atoms with Crippen LogP contribution in [0.5, 0.6) is 0 Å². The van der Waals surface area contributed by atoms with Crippen molar-refractivity contribution in [2.45, 2.75) is 6.17 Å². The van der Waals surface area contributed by atoms with E-state index in [2.05, 4.69) is 10.6 Å². The Morgan fingerprint density at radius 1 is 0.800 bits per heavy atom. The number of benzene rings is 3. The highest BCUT2D eigenvalue weighted by atomic mass is 35.5. The van der Waals surface area contributed by atoms with Crippen molar-refractivity contribution in [1.82, 2.24) is 10.6 Å². The normalized spacial score (nSPS) is 10.5. The van der Waals surface area contributed by atoms with Gasteiger partial charge in [0.05, 0.1) is 4.92 Å². The van der Waals surface area contributed by atoms with Gasteiger partial charge in [0.2, 0.25) is 0 Å². The highest BCUT2D eigenvalue weighted by Crippen LogP contribution is 2.19. The van der Waals surface area contributed by atoms with Gasteiger partial charge >= 0.3 is 0 Å². The highest BCUT2D eigenvalue weighted by Gasteiger charge is 2.20. The van der Waals surface area contributed by atoms with Crippen LogP contribution in [0.2, 0.25) is 10.0 Å². The molecule has 0 unspecified atom stereocenters. The molecule has 0 aliphatic rings. The molecule has 30 heavy (non-hydrogen) atoms. The van der Waals surface area contributed by atoms with Crippen LogP contribution in [0.4, 0.5) is 5.69 Å². The van der Waals surface area contributed by atoms with Crippen LogP contribution in [0.15, 0.2) is 72.8 Å². The van der Waals surface area contributed by atoms with Crippen LogP contribution in [-0.2, 0) is 0 Å². The Morgan fingerprint density at radius 3 is 1.67 bits per heavy atom. The van der Waals surface area contributed by atoms with Crippen molar-refractivity contribution in [3.8, 4) is 0 Å². The first-order chi connectivity index (χ1) is 14.3. The summed E-state index contributed by atoms with van der Waals surface area (Å²) in [6, 6.07) is 18.1. The summed E-state index contributed by atoms with van der Waals surface area (Å²) < 4.78 is 0. The van der Waals surface area contributed by atoms with E-state index in [0.29, 0.717) is 26.7 Å². The molecule has 2 amide bonds. The van der Waals surface area contributed by atoms with Crippen molar-refractivity contribution in [2.75, 3.05) is 0 Å². The lowest BCUT2D eigenvalue weighted by molar-refractivity contribution is -0.384. The lowest BCUT2D eigenvalue weighted by Gasteiger charge is -2.21. The SMILES string of the molecule is O=C(NC(NC(=O)c1cccc(Cl)c1)c1ccc([N+](=O)[O-])cc1)c1cccc(Cl)c1. The Kier molecular flexibility index (Phi) is 6.66. The fourth-order valence-corrected chi connectivity index (χ4v) is 3.06. The van der Waals surface area contributed by atoms with Gasteiger partial charge in [-0.1, -0.05) is 35.3 Å². The number of carbonyl (C=O) groups excluding carboxylic acids is 2. The maximum absolute atomic E-state index is 12.7. The number of hydrogen-bond donors (Lipinski definition) is 2. The van der Waals surface area contributed by atoms with E-state index < -0.39 is 22.9 Å². The second kappa shape index (κ2) is 9.39. The summed E-state index contributed by atoms with van der Waals surface area (Å²) >= 11 is 11.9. The molecule has 0 aliphatic heterocycles. The Bertz CT molecular complexity index is 1040. The molecule has 3 rings (SSSR count). The molecule has 0 aromatic heterocycles. The van der Waals surface area contributed by atoms with Crippen molar-refractivity contribution in [1.29, 1.82) is 0 Å². The number of amides is 2. The number of nitrogens with one attached hydrogen (secondary N) is 2. The molecule has 3 aromatic carbocycles. The van der Waals surface area contributed by atoms with E-state index >= 15 is 0 Å². The predicted octanol–water partition coefficient (Wildman–Crippen LogP) is 4.76. The monoisotopic (exact) mass is 443 g/mol. The van der Waals surface area contributed by atoms with Gasteiger partial charge in [-0.25, -0.2) is 0 Å². The number of nitro groups is 1. The molecular formula is C21H15Cl2N3O4. The summed E-state index contributed by atoms with van der Waals surface area (Å²) in [7, 11) is 0. The van der Waals surface area contributed by atoms with Crippen LogP contribution in [0.25, 0.3) is 0 Å². The topological polar surface area (TPSA) is 101 Å². The molecule has 0 bridgehead atoms. The molecule has 0 heterocycles. The van der Waals surface area contributed by atoms with Crippen LogP contribution in [-0.4, -0.2) is 16.7 Å². The lowest BCUT2D eigenvalue weighted by Crippen LogP contribution is -2.41. The number of nitrogens with zero attached hydrogens (tertiary/aromatic N) is 1. The second-order valence-corrected chi connectivity index (χ2v) is 7.12. The van der Waals surface area contributed by atoms with Crippen LogP contribution >= 0.6 is 23.2 Å². The van der Waals surface area contributed by atoms with Gasteiger partial charge < -0.3 is 10.6 Å². The fraction of sp³-hybridized carbons (Fsp3) is 0.0476. The molecule has 152 valence electrons. The molecule has 2 N–H and O–H groups in total. The maximum atomic E-state index is 12.7. The van der Waals surface area contributed by atoms with Crippen LogP contribution in [0, 0.1) is 10.1 Å². The van der Waals surface area contributed by atoms with Gasteiger partial charge in [0.25, 0.3) is 17.5 Å². The molecule has 0 saturated carbocycles. The average molecular weight is 444 g/mol. The van der Waals surface area contributed by atoms with Crippen LogP contribution in [0.1, 0.15) is 32.4 Å². The van der Waals surface area contributed by atoms with E-state index in [1.54, 1.807) is 36.4 Å². The minimum atomic E-state index is -0.955. The van der Waals surface area contributed by atoms with Gasteiger partial charge in [0.15, 0.2) is 0 Å². The van der Waals surface area contributed by atoms with Crippen LogP contribution < -0.4 is 10.6 Å². The number of halogens is 2. The summed E-state index contributed by atoms with van der Waals surface area (Å²) in [5.74, 6) is -0.959. The quantitative estimate of drug-likeness (QED) is 0.325. The zero-order valence-electron chi connectivity index (χ0n) is 15.3. The summed E-state index contributed by atoms with van der Waals surface area (Å²) in [6.07, 6.45) is -0.955. The molecule has 0 radical (unpaired) electrons. The maximum Gasteiger partial charge on any atom is 0.269 e. The third-order valence-corrected chi connectivity index (χ3v) is 4.63. The third-order valence-electron chi connectivity index (χ3n) is 4.16. The van der Waals surface area contributed by atoms with Gasteiger partial charge in [0, 0.05) is 33.3 Å². The van der Waals surface area contributed by atoms with Gasteiger partial charge in [-0.05, 0) is 54.1 Å². The number of rotatable bonds is 6. The fourth-order valence-electron chi connectivity index (χ4n) is 2.68. The van der Waals surface area contributed by atoms with Gasteiger partial charge in [-0.15, -0.1) is 0 Å². The van der Waals surface area contributed by atoms with E-state index in [1.807, 2.05) is 0 Å². The number of hydrogen-bond acceptors (Lipinski definition) is 4. The van der Waals surface area contributed by atoms with Gasteiger partial charge in [-0.3, -0.25) is 19.7 Å². The largest absolute Gasteiger partial charge is 0.328 e. The average Bonchev–Trinajstić information content (AvgIpc) is 2.73. The molecule has 0 saturated heterocycles. The third kappa shape index (κ3) is 5.34. The van der Waals surface area contributed by atoms with E-state index in [9.17, 15) is 19.7 Å². The number of non-ortho nitro benzene ring substituents is 1. The van der Waals surface area contributed by atoms with Crippen LogP contribution in [0.3, 0.4) is 0 Å². The predicted molar refractivity (Wildman–Crippen MR) is 114 cm³/mol. The van der Waals surface area contributed by atoms with Crippen molar-refractivity contribution >= 4 is 40.7 Å². The number of carbonyl (C=O) groups is 2. The zero-order valence-corrected chi connectivity index (χ0v) is 16.9. The minimum absolute atomic E-state index is 0.111. The van der Waals surface area contributed by atoms with Gasteiger partial charge in [-0.2, -0.15) is 0 Å². The molecular weight excluding hydrogens is 429 g/mol. The Morgan fingerprint density at radius 2 is 1.27 bits per heavy atom. The van der Waals surface area contributed by atoms with E-state index in [-0.39, 0.29) is 5.69 Å². The first kappa shape index (κ1) is 21.3. The van der Waals surface area contributed by atoms with Crippen molar-refractivity contribution in [2.24, 2.45) is 0 Å². The van der Waals surface area contributed by atoms with E-state index in [1.165, 1.54) is 36.4 Å². The number of nitro benzene ring substituents is 1. The first-order valence-corrected chi connectivity index (χ1v) is 9.46. The zero-order chi connectivity index (χ0) is 21.7. The molecule has 0 fully saturated rings. The van der Waals surface area contributed by atoms with E-state index in [0.717, 1.165) is 0 Å². The van der Waals surface area contributed by atoms with E-state index in [4.69, 9.17) is 23.2 Å². The highest BCUT2D eigenvalue weighted by molar-refractivity contribution is 6.31.